The lowest BCUT2D eigenvalue weighted by molar-refractivity contribution is -0.140. The molecule has 4 unspecified atom stereocenters. The van der Waals surface area contributed by atoms with Crippen molar-refractivity contribution < 1.29 is 9.59 Å². The molecule has 2 N–H and O–H groups in total. The average molecular weight is 498 g/mol. The molecule has 1 aromatic heterocycles. The summed E-state index contributed by atoms with van der Waals surface area (Å²) < 4.78 is 1.79. The number of aryl methyl sites for hydroxylation is 1. The fourth-order valence-corrected chi connectivity index (χ4v) is 4.53. The number of aliphatic imine (C=N–C) groups is 1. The zero-order valence-electron chi connectivity index (χ0n) is 16.2. The van der Waals surface area contributed by atoms with Crippen molar-refractivity contribution in [1.29, 1.82) is 0 Å². The summed E-state index contributed by atoms with van der Waals surface area (Å²) in [6, 6.07) is 1.93. The number of aromatic nitrogens is 2. The van der Waals surface area contributed by atoms with E-state index in [9.17, 15) is 9.59 Å². The Morgan fingerprint density at radius 3 is 2.46 bits per heavy atom. The minimum absolute atomic E-state index is 0. The fourth-order valence-electron chi connectivity index (χ4n) is 4.53. The van der Waals surface area contributed by atoms with Crippen molar-refractivity contribution in [3.05, 3.63) is 30.1 Å². The number of imide groups is 1. The lowest BCUT2D eigenvalue weighted by Gasteiger charge is -2.18. The number of hydrogen-bond donors (Lipinski definition) is 2. The minimum Gasteiger partial charge on any atom is -0.357 e. The van der Waals surface area contributed by atoms with Crippen LogP contribution in [0, 0.1) is 23.7 Å². The summed E-state index contributed by atoms with van der Waals surface area (Å²) in [4.78, 5) is 31.4. The number of halogens is 1. The van der Waals surface area contributed by atoms with Crippen LogP contribution in [0.3, 0.4) is 0 Å². The first-order chi connectivity index (χ1) is 13.1. The van der Waals surface area contributed by atoms with Gasteiger partial charge in [-0.2, -0.15) is 5.10 Å². The maximum atomic E-state index is 12.7. The first-order valence-electron chi connectivity index (χ1n) is 9.62. The fraction of sp³-hybridized carbons (Fsp3) is 0.579. The topological polar surface area (TPSA) is 91.6 Å². The van der Waals surface area contributed by atoms with Crippen molar-refractivity contribution >= 4 is 41.8 Å². The van der Waals surface area contributed by atoms with E-state index in [4.69, 9.17) is 0 Å². The molecule has 2 aliphatic carbocycles. The van der Waals surface area contributed by atoms with Gasteiger partial charge in [0.25, 0.3) is 0 Å². The molecule has 2 bridgehead atoms. The van der Waals surface area contributed by atoms with E-state index in [1.807, 2.05) is 20.0 Å². The molecule has 3 aliphatic rings. The summed E-state index contributed by atoms with van der Waals surface area (Å²) in [7, 11) is 1.88. The first-order valence-corrected chi connectivity index (χ1v) is 9.62. The maximum absolute atomic E-state index is 12.7. The van der Waals surface area contributed by atoms with Gasteiger partial charge in [-0.1, -0.05) is 12.2 Å². The van der Waals surface area contributed by atoms with Gasteiger partial charge in [-0.25, -0.2) is 4.99 Å². The standard InChI is InChI=1S/C19H26N6O2.HI/c1-3-20-19(22-11-14-6-7-23-24(14)2)21-8-9-25-17(26)15-12-4-5-13(10-12)16(15)18(25)27;/h4-7,12-13,15-16H,3,8-11H2,1-2H3,(H2,20,21,22);1H. The lowest BCUT2D eigenvalue weighted by Crippen LogP contribution is -2.43. The Hall–Kier alpha value is -1.91. The van der Waals surface area contributed by atoms with Crippen LogP contribution < -0.4 is 10.6 Å². The van der Waals surface area contributed by atoms with Gasteiger partial charge in [-0.3, -0.25) is 19.2 Å². The van der Waals surface area contributed by atoms with E-state index in [1.54, 1.807) is 10.9 Å². The van der Waals surface area contributed by atoms with Crippen LogP contribution in [0.2, 0.25) is 0 Å². The van der Waals surface area contributed by atoms with E-state index >= 15 is 0 Å². The molecule has 152 valence electrons. The second kappa shape index (κ2) is 8.62. The zero-order chi connectivity index (χ0) is 19.0. The highest BCUT2D eigenvalue weighted by Gasteiger charge is 2.58. The number of carbonyl (C=O) groups excluding carboxylic acids is 2. The molecule has 2 amide bonds. The van der Waals surface area contributed by atoms with E-state index in [0.717, 1.165) is 18.7 Å². The number of fused-ring (bicyclic) bond motifs is 5. The predicted octanol–water partition coefficient (Wildman–Crippen LogP) is 0.900. The molecule has 4 atom stereocenters. The molecule has 0 aromatic carbocycles. The SMILES string of the molecule is CCNC(=NCc1ccnn1C)NCCN1C(=O)C2C3C=CC(C3)C2C1=O.I. The highest BCUT2D eigenvalue weighted by atomic mass is 127. The molecule has 1 saturated heterocycles. The molecule has 1 saturated carbocycles. The number of likely N-dealkylation sites (tertiary alicyclic amines) is 1. The number of allylic oxidation sites excluding steroid dienone is 2. The Labute approximate surface area is 181 Å². The predicted molar refractivity (Wildman–Crippen MR) is 116 cm³/mol. The van der Waals surface area contributed by atoms with Gasteiger partial charge in [0.1, 0.15) is 0 Å². The van der Waals surface area contributed by atoms with Crippen LogP contribution in [0.15, 0.2) is 29.4 Å². The molecule has 1 aliphatic heterocycles. The summed E-state index contributed by atoms with van der Waals surface area (Å²) in [5.41, 5.74) is 1.01. The van der Waals surface area contributed by atoms with Gasteiger partial charge < -0.3 is 10.6 Å². The van der Waals surface area contributed by atoms with Gasteiger partial charge in [0.15, 0.2) is 5.96 Å². The average Bonchev–Trinajstić information content (AvgIpc) is 3.41. The van der Waals surface area contributed by atoms with E-state index in [0.29, 0.717) is 25.6 Å². The second-order valence-electron chi connectivity index (χ2n) is 7.40. The van der Waals surface area contributed by atoms with Gasteiger partial charge in [0, 0.05) is 32.9 Å². The third kappa shape index (κ3) is 3.68. The third-order valence-electron chi connectivity index (χ3n) is 5.86. The highest BCUT2D eigenvalue weighted by molar-refractivity contribution is 14.0. The second-order valence-corrected chi connectivity index (χ2v) is 7.40. The number of carbonyl (C=O) groups is 2. The molecule has 4 rings (SSSR count). The Balaban J connectivity index is 0.00000225. The Kier molecular flexibility index (Phi) is 6.41. The molecule has 9 heteroatoms. The molecule has 0 radical (unpaired) electrons. The molecule has 28 heavy (non-hydrogen) atoms. The monoisotopic (exact) mass is 498 g/mol. The van der Waals surface area contributed by atoms with Crippen LogP contribution >= 0.6 is 24.0 Å². The van der Waals surface area contributed by atoms with Gasteiger partial charge in [0.05, 0.1) is 24.1 Å². The molecule has 8 nitrogen and oxygen atoms in total. The Morgan fingerprint density at radius 1 is 1.21 bits per heavy atom. The summed E-state index contributed by atoms with van der Waals surface area (Å²) in [6.45, 7) is 4.10. The summed E-state index contributed by atoms with van der Waals surface area (Å²) >= 11 is 0. The van der Waals surface area contributed by atoms with E-state index in [2.05, 4.69) is 32.9 Å². The van der Waals surface area contributed by atoms with Crippen LogP contribution in [0.4, 0.5) is 0 Å². The Bertz CT molecular complexity index is 774. The van der Waals surface area contributed by atoms with Crippen LogP contribution in [-0.4, -0.2) is 52.1 Å². The molecule has 0 spiro atoms. The zero-order valence-corrected chi connectivity index (χ0v) is 18.5. The van der Waals surface area contributed by atoms with Crippen molar-refractivity contribution in [3.8, 4) is 0 Å². The van der Waals surface area contributed by atoms with E-state index in [-0.39, 0.29) is 59.5 Å². The van der Waals surface area contributed by atoms with Gasteiger partial charge in [0.2, 0.25) is 11.8 Å². The molecular formula is C19H27IN6O2. The van der Waals surface area contributed by atoms with Crippen molar-refractivity contribution in [3.63, 3.8) is 0 Å². The number of nitrogens with zero attached hydrogens (tertiary/aromatic N) is 4. The van der Waals surface area contributed by atoms with E-state index < -0.39 is 0 Å². The first kappa shape index (κ1) is 20.8. The number of amides is 2. The smallest absolute Gasteiger partial charge is 0.233 e. The number of rotatable bonds is 6. The van der Waals surface area contributed by atoms with Gasteiger partial charge in [-0.15, -0.1) is 24.0 Å². The number of guanidine groups is 1. The van der Waals surface area contributed by atoms with Crippen molar-refractivity contribution in [1.82, 2.24) is 25.3 Å². The molecular weight excluding hydrogens is 471 g/mol. The van der Waals surface area contributed by atoms with Crippen LogP contribution in [0.1, 0.15) is 19.0 Å². The normalized spacial score (nSPS) is 27.9. The molecule has 2 heterocycles. The minimum atomic E-state index is -0.126. The van der Waals surface area contributed by atoms with Gasteiger partial charge in [-0.05, 0) is 31.2 Å². The largest absolute Gasteiger partial charge is 0.357 e. The van der Waals surface area contributed by atoms with Crippen LogP contribution in [-0.2, 0) is 23.2 Å². The van der Waals surface area contributed by atoms with Gasteiger partial charge >= 0.3 is 0 Å². The summed E-state index contributed by atoms with van der Waals surface area (Å²) in [5.74, 6) is 0.929. The third-order valence-corrected chi connectivity index (χ3v) is 5.86. The van der Waals surface area contributed by atoms with Crippen molar-refractivity contribution in [2.45, 2.75) is 19.9 Å². The number of hydrogen-bond acceptors (Lipinski definition) is 4. The lowest BCUT2D eigenvalue weighted by atomic mass is 9.85. The van der Waals surface area contributed by atoms with Crippen molar-refractivity contribution in [2.24, 2.45) is 35.7 Å². The maximum Gasteiger partial charge on any atom is 0.233 e. The van der Waals surface area contributed by atoms with Crippen LogP contribution in [0.5, 0.6) is 0 Å². The van der Waals surface area contributed by atoms with E-state index in [1.165, 1.54) is 4.90 Å². The molecule has 1 aromatic rings. The van der Waals surface area contributed by atoms with Crippen molar-refractivity contribution in [2.75, 3.05) is 19.6 Å². The quantitative estimate of drug-likeness (QED) is 0.200. The number of nitrogens with one attached hydrogen (secondary N) is 2. The Morgan fingerprint density at radius 2 is 1.89 bits per heavy atom. The van der Waals surface area contributed by atoms with Crippen LogP contribution in [0.25, 0.3) is 0 Å². The summed E-state index contributed by atoms with van der Waals surface area (Å²) in [6.07, 6.45) is 6.94. The summed E-state index contributed by atoms with van der Waals surface area (Å²) in [5, 5.41) is 10.5. The highest BCUT2D eigenvalue weighted by Crippen LogP contribution is 2.52. The molecule has 2 fully saturated rings.